The van der Waals surface area contributed by atoms with Crippen molar-refractivity contribution in [2.75, 3.05) is 12.4 Å². The van der Waals surface area contributed by atoms with Gasteiger partial charge in [0.15, 0.2) is 0 Å². The first-order chi connectivity index (χ1) is 8.69. The van der Waals surface area contributed by atoms with Crippen LogP contribution >= 0.6 is 15.9 Å². The molecule has 0 amide bonds. The van der Waals surface area contributed by atoms with Crippen LogP contribution < -0.4 is 10.1 Å². The normalized spacial score (nSPS) is 10.2. The molecule has 2 aromatic carbocycles. The van der Waals surface area contributed by atoms with Crippen LogP contribution in [0.2, 0.25) is 0 Å². The number of halogens is 2. The summed E-state index contributed by atoms with van der Waals surface area (Å²) < 4.78 is 19.4. The fraction of sp³-hybridized carbons (Fsp3) is 0.143. The molecule has 94 valence electrons. The molecule has 18 heavy (non-hydrogen) atoms. The lowest BCUT2D eigenvalue weighted by Crippen LogP contribution is -2.01. The third-order valence-corrected chi connectivity index (χ3v) is 3.04. The zero-order valence-electron chi connectivity index (χ0n) is 9.91. The average molecular weight is 310 g/mol. The van der Waals surface area contributed by atoms with E-state index in [1.807, 2.05) is 24.3 Å². The summed E-state index contributed by atoms with van der Waals surface area (Å²) in [6, 6.07) is 12.6. The molecule has 0 atom stereocenters. The van der Waals surface area contributed by atoms with E-state index in [1.165, 1.54) is 6.07 Å². The highest BCUT2D eigenvalue weighted by Crippen LogP contribution is 2.20. The Morgan fingerprint density at radius 3 is 2.78 bits per heavy atom. The van der Waals surface area contributed by atoms with Crippen LogP contribution in [0.4, 0.5) is 10.1 Å². The quantitative estimate of drug-likeness (QED) is 0.913. The molecule has 0 bridgehead atoms. The Morgan fingerprint density at radius 1 is 1.22 bits per heavy atom. The van der Waals surface area contributed by atoms with Crippen LogP contribution in [-0.4, -0.2) is 7.11 Å². The van der Waals surface area contributed by atoms with Crippen LogP contribution in [0.3, 0.4) is 0 Å². The molecule has 4 heteroatoms. The molecule has 0 aliphatic rings. The highest BCUT2D eigenvalue weighted by Gasteiger charge is 2.02. The summed E-state index contributed by atoms with van der Waals surface area (Å²) in [6.45, 7) is 0.551. The van der Waals surface area contributed by atoms with E-state index in [4.69, 9.17) is 4.74 Å². The molecule has 0 aliphatic carbocycles. The second kappa shape index (κ2) is 5.87. The monoisotopic (exact) mass is 309 g/mol. The smallest absolute Gasteiger partial charge is 0.147 e. The van der Waals surface area contributed by atoms with Gasteiger partial charge in [0.2, 0.25) is 0 Å². The first kappa shape index (κ1) is 12.9. The van der Waals surface area contributed by atoms with Crippen LogP contribution in [-0.2, 0) is 6.54 Å². The molecule has 0 radical (unpaired) electrons. The second-order valence-electron chi connectivity index (χ2n) is 3.83. The molecule has 0 heterocycles. The summed E-state index contributed by atoms with van der Waals surface area (Å²) in [4.78, 5) is 0. The van der Waals surface area contributed by atoms with Crippen molar-refractivity contribution in [3.63, 3.8) is 0 Å². The predicted molar refractivity (Wildman–Crippen MR) is 74.4 cm³/mol. The Bertz CT molecular complexity index is 545. The number of hydrogen-bond donors (Lipinski definition) is 1. The van der Waals surface area contributed by atoms with Crippen molar-refractivity contribution < 1.29 is 9.13 Å². The van der Waals surface area contributed by atoms with E-state index in [0.29, 0.717) is 12.2 Å². The highest BCUT2D eigenvalue weighted by molar-refractivity contribution is 9.10. The van der Waals surface area contributed by atoms with Crippen LogP contribution in [0.5, 0.6) is 5.75 Å². The SMILES string of the molecule is COc1cccc(CNc2ccc(Br)cc2F)c1. The third-order valence-electron chi connectivity index (χ3n) is 2.55. The van der Waals surface area contributed by atoms with E-state index in [2.05, 4.69) is 21.2 Å². The fourth-order valence-corrected chi connectivity index (χ4v) is 1.95. The summed E-state index contributed by atoms with van der Waals surface area (Å²) in [6.07, 6.45) is 0. The van der Waals surface area contributed by atoms with Crippen LogP contribution in [0.15, 0.2) is 46.9 Å². The van der Waals surface area contributed by atoms with Gasteiger partial charge in [0.1, 0.15) is 11.6 Å². The Balaban J connectivity index is 2.06. The maximum Gasteiger partial charge on any atom is 0.147 e. The molecule has 0 fully saturated rings. The van der Waals surface area contributed by atoms with Gasteiger partial charge in [-0.15, -0.1) is 0 Å². The van der Waals surface area contributed by atoms with Gasteiger partial charge in [-0.1, -0.05) is 28.1 Å². The van der Waals surface area contributed by atoms with E-state index in [-0.39, 0.29) is 5.82 Å². The molecule has 1 N–H and O–H groups in total. The Hall–Kier alpha value is -1.55. The molecule has 0 aromatic heterocycles. The number of benzene rings is 2. The minimum Gasteiger partial charge on any atom is -0.497 e. The second-order valence-corrected chi connectivity index (χ2v) is 4.74. The number of methoxy groups -OCH3 is 1. The Labute approximate surface area is 114 Å². The predicted octanol–water partition coefficient (Wildman–Crippen LogP) is 4.21. The van der Waals surface area contributed by atoms with Crippen molar-refractivity contribution in [2.45, 2.75) is 6.54 Å². The lowest BCUT2D eigenvalue weighted by molar-refractivity contribution is 0.414. The minimum atomic E-state index is -0.271. The van der Waals surface area contributed by atoms with Gasteiger partial charge in [-0.3, -0.25) is 0 Å². The van der Waals surface area contributed by atoms with Crippen LogP contribution in [0.25, 0.3) is 0 Å². The first-order valence-corrected chi connectivity index (χ1v) is 6.30. The molecule has 2 aromatic rings. The van der Waals surface area contributed by atoms with E-state index < -0.39 is 0 Å². The molecule has 2 rings (SSSR count). The van der Waals surface area contributed by atoms with E-state index in [9.17, 15) is 4.39 Å². The minimum absolute atomic E-state index is 0.271. The van der Waals surface area contributed by atoms with Gasteiger partial charge in [-0.05, 0) is 35.9 Å². The first-order valence-electron chi connectivity index (χ1n) is 5.51. The standard InChI is InChI=1S/C14H13BrFNO/c1-18-12-4-2-3-10(7-12)9-17-14-6-5-11(15)8-13(14)16/h2-8,17H,9H2,1H3. The van der Waals surface area contributed by atoms with Gasteiger partial charge in [-0.2, -0.15) is 0 Å². The largest absolute Gasteiger partial charge is 0.497 e. The van der Waals surface area contributed by atoms with Crippen molar-refractivity contribution in [3.05, 3.63) is 58.3 Å². The van der Waals surface area contributed by atoms with Gasteiger partial charge >= 0.3 is 0 Å². The van der Waals surface area contributed by atoms with Gasteiger partial charge in [0, 0.05) is 11.0 Å². The number of rotatable bonds is 4. The van der Waals surface area contributed by atoms with Crippen molar-refractivity contribution in [1.29, 1.82) is 0 Å². The van der Waals surface area contributed by atoms with Crippen molar-refractivity contribution in [2.24, 2.45) is 0 Å². The zero-order chi connectivity index (χ0) is 13.0. The van der Waals surface area contributed by atoms with Gasteiger partial charge < -0.3 is 10.1 Å². The van der Waals surface area contributed by atoms with E-state index in [0.717, 1.165) is 15.8 Å². The Morgan fingerprint density at radius 2 is 2.06 bits per heavy atom. The summed E-state index contributed by atoms with van der Waals surface area (Å²) in [5, 5.41) is 3.06. The van der Waals surface area contributed by atoms with Crippen molar-refractivity contribution >= 4 is 21.6 Å². The zero-order valence-corrected chi connectivity index (χ0v) is 11.5. The lowest BCUT2D eigenvalue weighted by Gasteiger charge is -2.09. The van der Waals surface area contributed by atoms with Crippen LogP contribution in [0, 0.1) is 5.82 Å². The topological polar surface area (TPSA) is 21.3 Å². The summed E-state index contributed by atoms with van der Waals surface area (Å²) >= 11 is 3.23. The third kappa shape index (κ3) is 3.23. The van der Waals surface area contributed by atoms with Gasteiger partial charge in [-0.25, -0.2) is 4.39 Å². The maximum atomic E-state index is 13.6. The summed E-state index contributed by atoms with van der Waals surface area (Å²) in [5.74, 6) is 0.526. The van der Waals surface area contributed by atoms with E-state index in [1.54, 1.807) is 19.2 Å². The molecule has 0 saturated carbocycles. The van der Waals surface area contributed by atoms with Crippen molar-refractivity contribution in [3.8, 4) is 5.75 Å². The Kier molecular flexibility index (Phi) is 4.20. The summed E-state index contributed by atoms with van der Waals surface area (Å²) in [5.41, 5.74) is 1.53. The lowest BCUT2D eigenvalue weighted by atomic mass is 10.2. The number of hydrogen-bond acceptors (Lipinski definition) is 2. The molecule has 0 spiro atoms. The van der Waals surface area contributed by atoms with Gasteiger partial charge in [0.25, 0.3) is 0 Å². The van der Waals surface area contributed by atoms with Crippen LogP contribution in [0.1, 0.15) is 5.56 Å². The molecule has 0 aliphatic heterocycles. The molecule has 0 saturated heterocycles. The average Bonchev–Trinajstić information content (AvgIpc) is 2.38. The molecular weight excluding hydrogens is 297 g/mol. The van der Waals surface area contributed by atoms with E-state index >= 15 is 0 Å². The number of anilines is 1. The van der Waals surface area contributed by atoms with Crippen molar-refractivity contribution in [1.82, 2.24) is 0 Å². The highest BCUT2D eigenvalue weighted by atomic mass is 79.9. The summed E-state index contributed by atoms with van der Waals surface area (Å²) in [7, 11) is 1.63. The maximum absolute atomic E-state index is 13.6. The number of nitrogens with one attached hydrogen (secondary N) is 1. The molecular formula is C14H13BrFNO. The fourth-order valence-electron chi connectivity index (χ4n) is 1.61. The molecule has 2 nitrogen and oxygen atoms in total. The molecule has 0 unspecified atom stereocenters. The number of ether oxygens (including phenoxy) is 1. The van der Waals surface area contributed by atoms with Gasteiger partial charge in [0.05, 0.1) is 12.8 Å².